The Hall–Kier alpha value is -2.79. The van der Waals surface area contributed by atoms with Crippen LogP contribution in [0.4, 0.5) is 5.69 Å². The maximum Gasteiger partial charge on any atom is 0.262 e. The number of rotatable bonds is 3. The van der Waals surface area contributed by atoms with Gasteiger partial charge in [0.2, 0.25) is 0 Å². The minimum absolute atomic E-state index is 0.148. The Kier molecular flexibility index (Phi) is 5.05. The molecule has 1 N–H and O–H groups in total. The number of anilines is 1. The van der Waals surface area contributed by atoms with E-state index in [0.29, 0.717) is 16.5 Å². The number of likely N-dealkylation sites (N-methyl/N-ethyl adjacent to an activating group) is 1. The molecule has 1 atom stereocenters. The second-order valence-corrected chi connectivity index (χ2v) is 5.96. The third-order valence-electron chi connectivity index (χ3n) is 3.85. The highest BCUT2D eigenvalue weighted by Crippen LogP contribution is 2.33. The highest BCUT2D eigenvalue weighted by molar-refractivity contribution is 6.30. The maximum absolute atomic E-state index is 12.7. The summed E-state index contributed by atoms with van der Waals surface area (Å²) in [5, 5.41) is 3.16. The molecule has 3 rings (SSSR count). The monoisotopic (exact) mass is 356 g/mol. The number of para-hydroxylation sites is 2. The number of ether oxygens (including phenoxy) is 1. The van der Waals surface area contributed by atoms with Gasteiger partial charge in [-0.05, 0) is 35.9 Å². The zero-order valence-corrected chi connectivity index (χ0v) is 14.4. The molecule has 1 heterocycles. The Bertz CT molecular complexity index is 835. The Morgan fingerprint density at radius 3 is 2.80 bits per heavy atom. The molecule has 0 saturated heterocycles. The van der Waals surface area contributed by atoms with E-state index in [9.17, 15) is 9.59 Å². The average Bonchev–Trinajstić information content (AvgIpc) is 2.64. The van der Waals surface area contributed by atoms with Crippen molar-refractivity contribution in [2.45, 2.75) is 6.10 Å². The van der Waals surface area contributed by atoms with E-state index in [-0.39, 0.29) is 18.4 Å². The van der Waals surface area contributed by atoms with Crippen LogP contribution >= 0.6 is 11.6 Å². The summed E-state index contributed by atoms with van der Waals surface area (Å²) in [6.07, 6.45) is 2.42. The fraction of sp³-hybridized carbons (Fsp3) is 0.158. The van der Waals surface area contributed by atoms with Crippen LogP contribution in [0.2, 0.25) is 5.02 Å². The van der Waals surface area contributed by atoms with E-state index in [1.54, 1.807) is 41.3 Å². The SMILES string of the molecule is CNC(=O)[C@@H]1CN(C(=O)/C=C/c2cccc(Cl)c2)c2ccccc2O1. The molecule has 6 heteroatoms. The lowest BCUT2D eigenvalue weighted by molar-refractivity contribution is -0.127. The molecule has 0 fully saturated rings. The van der Waals surface area contributed by atoms with Gasteiger partial charge in [0.1, 0.15) is 5.75 Å². The maximum atomic E-state index is 12.7. The Balaban J connectivity index is 1.86. The number of carbonyl (C=O) groups excluding carboxylic acids is 2. The lowest BCUT2D eigenvalue weighted by Gasteiger charge is -2.33. The van der Waals surface area contributed by atoms with Crippen LogP contribution < -0.4 is 15.0 Å². The summed E-state index contributed by atoms with van der Waals surface area (Å²) in [6, 6.07) is 14.4. The summed E-state index contributed by atoms with van der Waals surface area (Å²) in [7, 11) is 1.54. The van der Waals surface area contributed by atoms with E-state index in [1.807, 2.05) is 18.2 Å². The van der Waals surface area contributed by atoms with Gasteiger partial charge in [-0.15, -0.1) is 0 Å². The Morgan fingerprint density at radius 1 is 1.24 bits per heavy atom. The van der Waals surface area contributed by atoms with Gasteiger partial charge in [0.15, 0.2) is 6.10 Å². The fourth-order valence-corrected chi connectivity index (χ4v) is 2.81. The lowest BCUT2D eigenvalue weighted by atomic mass is 10.1. The molecule has 0 radical (unpaired) electrons. The van der Waals surface area contributed by atoms with Crippen molar-refractivity contribution >= 4 is 35.2 Å². The molecule has 0 unspecified atom stereocenters. The van der Waals surface area contributed by atoms with E-state index in [4.69, 9.17) is 16.3 Å². The minimum atomic E-state index is -0.747. The van der Waals surface area contributed by atoms with Gasteiger partial charge in [-0.25, -0.2) is 0 Å². The highest BCUT2D eigenvalue weighted by atomic mass is 35.5. The van der Waals surface area contributed by atoms with Gasteiger partial charge in [-0.3, -0.25) is 9.59 Å². The molecule has 25 heavy (non-hydrogen) atoms. The van der Waals surface area contributed by atoms with Crippen molar-refractivity contribution in [2.75, 3.05) is 18.5 Å². The van der Waals surface area contributed by atoms with E-state index in [2.05, 4.69) is 5.32 Å². The van der Waals surface area contributed by atoms with Crippen LogP contribution in [0.3, 0.4) is 0 Å². The van der Waals surface area contributed by atoms with Crippen molar-refractivity contribution in [3.63, 3.8) is 0 Å². The standard InChI is InChI=1S/C19H17ClN2O3/c1-21-19(24)17-12-22(15-7-2-3-8-16(15)25-17)18(23)10-9-13-5-4-6-14(20)11-13/h2-11,17H,12H2,1H3,(H,21,24)/b10-9+/t17-/m0/s1. The van der Waals surface area contributed by atoms with Gasteiger partial charge in [-0.2, -0.15) is 0 Å². The molecular weight excluding hydrogens is 340 g/mol. The normalized spacial score (nSPS) is 16.2. The fourth-order valence-electron chi connectivity index (χ4n) is 2.61. The zero-order chi connectivity index (χ0) is 17.8. The van der Waals surface area contributed by atoms with Crippen molar-refractivity contribution in [2.24, 2.45) is 0 Å². The van der Waals surface area contributed by atoms with Gasteiger partial charge < -0.3 is 15.0 Å². The molecular formula is C19H17ClN2O3. The molecule has 128 valence electrons. The first kappa shape index (κ1) is 17.0. The van der Waals surface area contributed by atoms with E-state index < -0.39 is 6.10 Å². The largest absolute Gasteiger partial charge is 0.477 e. The Labute approximate surface area is 150 Å². The summed E-state index contributed by atoms with van der Waals surface area (Å²) in [5.41, 5.74) is 1.47. The number of halogens is 1. The molecule has 0 bridgehead atoms. The average molecular weight is 357 g/mol. The number of carbonyl (C=O) groups is 2. The topological polar surface area (TPSA) is 58.6 Å². The third-order valence-corrected chi connectivity index (χ3v) is 4.08. The van der Waals surface area contributed by atoms with Gasteiger partial charge in [0, 0.05) is 18.1 Å². The smallest absolute Gasteiger partial charge is 0.262 e. The number of hydrogen-bond donors (Lipinski definition) is 1. The minimum Gasteiger partial charge on any atom is -0.477 e. The highest BCUT2D eigenvalue weighted by Gasteiger charge is 2.32. The Morgan fingerprint density at radius 2 is 2.04 bits per heavy atom. The van der Waals surface area contributed by atoms with Crippen molar-refractivity contribution in [1.82, 2.24) is 5.32 Å². The summed E-state index contributed by atoms with van der Waals surface area (Å²) in [6.45, 7) is 0.148. The molecule has 0 aliphatic carbocycles. The van der Waals surface area contributed by atoms with Crippen LogP contribution in [0.1, 0.15) is 5.56 Å². The number of fused-ring (bicyclic) bond motifs is 1. The van der Waals surface area contributed by atoms with Crippen molar-refractivity contribution < 1.29 is 14.3 Å². The molecule has 2 amide bonds. The number of nitrogens with zero attached hydrogens (tertiary/aromatic N) is 1. The number of benzene rings is 2. The second-order valence-electron chi connectivity index (χ2n) is 5.53. The van der Waals surface area contributed by atoms with E-state index in [1.165, 1.54) is 13.1 Å². The first-order valence-electron chi connectivity index (χ1n) is 7.81. The van der Waals surface area contributed by atoms with Gasteiger partial charge in [0.25, 0.3) is 11.8 Å². The van der Waals surface area contributed by atoms with Gasteiger partial charge in [-0.1, -0.05) is 35.9 Å². The molecule has 1 aliphatic heterocycles. The lowest BCUT2D eigenvalue weighted by Crippen LogP contribution is -2.49. The molecule has 2 aromatic carbocycles. The number of nitrogens with one attached hydrogen (secondary N) is 1. The number of amides is 2. The van der Waals surface area contributed by atoms with Crippen molar-refractivity contribution in [3.05, 3.63) is 65.2 Å². The summed E-state index contributed by atoms with van der Waals surface area (Å²) in [5.74, 6) is 0.00241. The van der Waals surface area contributed by atoms with Crippen LogP contribution in [0.25, 0.3) is 6.08 Å². The van der Waals surface area contributed by atoms with E-state index in [0.717, 1.165) is 5.56 Å². The third kappa shape index (κ3) is 3.83. The predicted molar refractivity (Wildman–Crippen MR) is 97.8 cm³/mol. The van der Waals surface area contributed by atoms with Crippen LogP contribution in [0.5, 0.6) is 5.75 Å². The predicted octanol–water partition coefficient (Wildman–Crippen LogP) is 2.89. The quantitative estimate of drug-likeness (QED) is 0.860. The summed E-state index contributed by atoms with van der Waals surface area (Å²) >= 11 is 5.96. The molecule has 5 nitrogen and oxygen atoms in total. The van der Waals surface area contributed by atoms with Crippen molar-refractivity contribution in [1.29, 1.82) is 0 Å². The molecule has 1 aliphatic rings. The summed E-state index contributed by atoms with van der Waals surface area (Å²) < 4.78 is 5.70. The zero-order valence-electron chi connectivity index (χ0n) is 13.6. The van der Waals surface area contributed by atoms with Crippen LogP contribution in [0, 0.1) is 0 Å². The molecule has 0 saturated carbocycles. The molecule has 0 spiro atoms. The first-order valence-corrected chi connectivity index (χ1v) is 8.18. The number of hydrogen-bond acceptors (Lipinski definition) is 3. The van der Waals surface area contributed by atoms with Gasteiger partial charge in [0.05, 0.1) is 12.2 Å². The van der Waals surface area contributed by atoms with Crippen molar-refractivity contribution in [3.8, 4) is 5.75 Å². The molecule has 0 aromatic heterocycles. The second kappa shape index (κ2) is 7.40. The summed E-state index contributed by atoms with van der Waals surface area (Å²) in [4.78, 5) is 26.2. The van der Waals surface area contributed by atoms with E-state index >= 15 is 0 Å². The van der Waals surface area contributed by atoms with Crippen LogP contribution in [0.15, 0.2) is 54.6 Å². The van der Waals surface area contributed by atoms with Crippen LogP contribution in [-0.2, 0) is 9.59 Å². The first-order chi connectivity index (χ1) is 12.1. The van der Waals surface area contributed by atoms with Gasteiger partial charge >= 0.3 is 0 Å². The molecule has 2 aromatic rings. The van der Waals surface area contributed by atoms with Crippen LogP contribution in [-0.4, -0.2) is 31.5 Å².